The molecule has 34 heavy (non-hydrogen) atoms. The molecule has 4 rings (SSSR count). The lowest BCUT2D eigenvalue weighted by molar-refractivity contribution is -0.125. The van der Waals surface area contributed by atoms with Crippen LogP contribution in [-0.2, 0) is 11.3 Å². The van der Waals surface area contributed by atoms with Crippen LogP contribution in [0.15, 0.2) is 66.9 Å². The number of anilines is 2. The smallest absolute Gasteiger partial charge is 0.255 e. The maximum absolute atomic E-state index is 12.7. The molecular weight excluding hydrogens is 428 g/mol. The Hall–Kier alpha value is -3.87. The normalized spacial score (nSPS) is 13.9. The van der Waals surface area contributed by atoms with Crippen LogP contribution < -0.4 is 20.3 Å². The van der Waals surface area contributed by atoms with Crippen LogP contribution in [0.5, 0.6) is 5.75 Å². The zero-order valence-corrected chi connectivity index (χ0v) is 19.6. The van der Waals surface area contributed by atoms with Gasteiger partial charge in [-0.15, -0.1) is 0 Å². The van der Waals surface area contributed by atoms with Crippen LogP contribution in [0.25, 0.3) is 0 Å². The maximum Gasteiger partial charge on any atom is 0.255 e. The van der Waals surface area contributed by atoms with Crippen LogP contribution in [0.2, 0.25) is 0 Å². The summed E-state index contributed by atoms with van der Waals surface area (Å²) in [7, 11) is 1.59. The van der Waals surface area contributed by atoms with Crippen molar-refractivity contribution in [3.8, 4) is 5.75 Å². The Bertz CT molecular complexity index is 1140. The van der Waals surface area contributed by atoms with Crippen LogP contribution in [-0.4, -0.2) is 37.0 Å². The van der Waals surface area contributed by atoms with Gasteiger partial charge in [0.2, 0.25) is 5.91 Å². The van der Waals surface area contributed by atoms with E-state index < -0.39 is 0 Å². The minimum atomic E-state index is -0.206. The Morgan fingerprint density at radius 2 is 1.82 bits per heavy atom. The first-order valence-corrected chi connectivity index (χ1v) is 11.5. The van der Waals surface area contributed by atoms with Gasteiger partial charge in [0.1, 0.15) is 11.6 Å². The summed E-state index contributed by atoms with van der Waals surface area (Å²) >= 11 is 0. The highest BCUT2D eigenvalue weighted by Gasteiger charge is 2.25. The molecule has 1 fully saturated rings. The number of pyridine rings is 1. The fourth-order valence-electron chi connectivity index (χ4n) is 4.05. The number of hydrogen-bond donors (Lipinski definition) is 2. The lowest BCUT2D eigenvalue weighted by Crippen LogP contribution is -2.40. The Labute approximate surface area is 200 Å². The second kappa shape index (κ2) is 10.8. The number of rotatable bonds is 7. The Balaban J connectivity index is 1.30. The van der Waals surface area contributed by atoms with Gasteiger partial charge in [-0.05, 0) is 49.6 Å². The van der Waals surface area contributed by atoms with Crippen molar-refractivity contribution >= 4 is 23.3 Å². The minimum Gasteiger partial charge on any atom is -0.497 e. The van der Waals surface area contributed by atoms with Crippen molar-refractivity contribution in [2.24, 2.45) is 5.92 Å². The zero-order chi connectivity index (χ0) is 23.9. The molecule has 0 saturated carbocycles. The molecule has 0 aliphatic carbocycles. The number of amides is 2. The maximum atomic E-state index is 12.7. The number of ether oxygens (including phenoxy) is 1. The molecule has 1 aliphatic rings. The molecular formula is C27H30N4O3. The third-order valence-electron chi connectivity index (χ3n) is 6.11. The van der Waals surface area contributed by atoms with Crippen LogP contribution in [0.1, 0.15) is 34.3 Å². The van der Waals surface area contributed by atoms with Crippen molar-refractivity contribution in [3.05, 3.63) is 83.6 Å². The van der Waals surface area contributed by atoms with E-state index in [9.17, 15) is 9.59 Å². The SMILES string of the molecule is COc1cccc(NC(=O)c2ccnc(N3CCC(C(=O)NCc4ccc(C)cc4)CC3)c2)c1. The van der Waals surface area contributed by atoms with Crippen LogP contribution in [0.3, 0.4) is 0 Å². The van der Waals surface area contributed by atoms with Gasteiger partial charge in [-0.2, -0.15) is 0 Å². The van der Waals surface area contributed by atoms with Gasteiger partial charge in [0.25, 0.3) is 5.91 Å². The van der Waals surface area contributed by atoms with Crippen molar-refractivity contribution in [2.45, 2.75) is 26.3 Å². The molecule has 2 aromatic carbocycles. The van der Waals surface area contributed by atoms with E-state index in [1.807, 2.05) is 37.3 Å². The predicted molar refractivity (Wildman–Crippen MR) is 133 cm³/mol. The van der Waals surface area contributed by atoms with E-state index in [0.29, 0.717) is 23.5 Å². The van der Waals surface area contributed by atoms with Gasteiger partial charge in [0.15, 0.2) is 0 Å². The largest absolute Gasteiger partial charge is 0.497 e. The summed E-state index contributed by atoms with van der Waals surface area (Å²) in [6, 6.07) is 18.9. The summed E-state index contributed by atoms with van der Waals surface area (Å²) in [6.07, 6.45) is 3.15. The molecule has 176 valence electrons. The lowest BCUT2D eigenvalue weighted by Gasteiger charge is -2.32. The monoisotopic (exact) mass is 458 g/mol. The number of carbonyl (C=O) groups is 2. The highest BCUT2D eigenvalue weighted by atomic mass is 16.5. The van der Waals surface area contributed by atoms with Crippen molar-refractivity contribution in [1.82, 2.24) is 10.3 Å². The topological polar surface area (TPSA) is 83.6 Å². The quantitative estimate of drug-likeness (QED) is 0.555. The highest BCUT2D eigenvalue weighted by molar-refractivity contribution is 6.04. The molecule has 3 aromatic rings. The molecule has 0 bridgehead atoms. The van der Waals surface area contributed by atoms with Gasteiger partial charge in [0, 0.05) is 49.1 Å². The van der Waals surface area contributed by atoms with Crippen molar-refractivity contribution < 1.29 is 14.3 Å². The number of nitrogens with zero attached hydrogens (tertiary/aromatic N) is 2. The molecule has 2 N–H and O–H groups in total. The second-order valence-electron chi connectivity index (χ2n) is 8.55. The van der Waals surface area contributed by atoms with E-state index in [1.165, 1.54) is 5.56 Å². The van der Waals surface area contributed by atoms with Crippen LogP contribution in [0, 0.1) is 12.8 Å². The summed E-state index contributed by atoms with van der Waals surface area (Å²) in [6.45, 7) is 4.03. The molecule has 0 atom stereocenters. The summed E-state index contributed by atoms with van der Waals surface area (Å²) in [4.78, 5) is 32.0. The number of benzene rings is 2. The second-order valence-corrected chi connectivity index (χ2v) is 8.55. The number of aromatic nitrogens is 1. The molecule has 0 radical (unpaired) electrons. The average molecular weight is 459 g/mol. The summed E-state index contributed by atoms with van der Waals surface area (Å²) < 4.78 is 5.21. The summed E-state index contributed by atoms with van der Waals surface area (Å²) in [5.41, 5.74) is 3.51. The molecule has 7 nitrogen and oxygen atoms in total. The number of nitrogens with one attached hydrogen (secondary N) is 2. The Morgan fingerprint density at radius 1 is 1.06 bits per heavy atom. The Kier molecular flexibility index (Phi) is 7.42. The first-order chi connectivity index (χ1) is 16.5. The molecule has 2 amide bonds. The van der Waals surface area contributed by atoms with E-state index >= 15 is 0 Å². The lowest BCUT2D eigenvalue weighted by atomic mass is 9.95. The molecule has 0 unspecified atom stereocenters. The molecule has 7 heteroatoms. The summed E-state index contributed by atoms with van der Waals surface area (Å²) in [5.74, 6) is 1.30. The van der Waals surface area contributed by atoms with Gasteiger partial charge >= 0.3 is 0 Å². The summed E-state index contributed by atoms with van der Waals surface area (Å²) in [5, 5.41) is 5.96. The van der Waals surface area contributed by atoms with Gasteiger partial charge in [-0.25, -0.2) is 4.98 Å². The van der Waals surface area contributed by atoms with Gasteiger partial charge in [-0.1, -0.05) is 35.9 Å². The molecule has 2 heterocycles. The third kappa shape index (κ3) is 5.92. The highest BCUT2D eigenvalue weighted by Crippen LogP contribution is 2.23. The van der Waals surface area contributed by atoms with Crippen LogP contribution >= 0.6 is 0 Å². The van der Waals surface area contributed by atoms with Gasteiger partial charge in [-0.3, -0.25) is 9.59 Å². The number of methoxy groups -OCH3 is 1. The first kappa shape index (κ1) is 23.3. The minimum absolute atomic E-state index is 0.0127. The Morgan fingerprint density at radius 3 is 2.56 bits per heavy atom. The van der Waals surface area contributed by atoms with Crippen molar-refractivity contribution in [3.63, 3.8) is 0 Å². The molecule has 0 spiro atoms. The van der Waals surface area contributed by atoms with Crippen molar-refractivity contribution in [1.29, 1.82) is 0 Å². The number of piperidine rings is 1. The van der Waals surface area contributed by atoms with E-state index in [4.69, 9.17) is 4.74 Å². The van der Waals surface area contributed by atoms with Crippen molar-refractivity contribution in [2.75, 3.05) is 30.4 Å². The van der Waals surface area contributed by atoms with E-state index in [0.717, 1.165) is 37.3 Å². The number of hydrogen-bond acceptors (Lipinski definition) is 5. The van der Waals surface area contributed by atoms with Crippen LogP contribution in [0.4, 0.5) is 11.5 Å². The average Bonchev–Trinajstić information content (AvgIpc) is 2.88. The van der Waals surface area contributed by atoms with E-state index in [-0.39, 0.29) is 17.7 Å². The molecule has 1 aromatic heterocycles. The predicted octanol–water partition coefficient (Wildman–Crippen LogP) is 4.18. The van der Waals surface area contributed by atoms with E-state index in [1.54, 1.807) is 31.5 Å². The third-order valence-corrected chi connectivity index (χ3v) is 6.11. The fraction of sp³-hybridized carbons (Fsp3) is 0.296. The van der Waals surface area contributed by atoms with E-state index in [2.05, 4.69) is 32.7 Å². The number of carbonyl (C=O) groups excluding carboxylic acids is 2. The standard InChI is InChI=1S/C27H30N4O3/c1-19-6-8-20(9-7-19)18-29-26(32)21-11-14-31(15-12-21)25-16-22(10-13-28-25)27(33)30-23-4-3-5-24(17-23)34-2/h3-10,13,16-17,21H,11-12,14-15,18H2,1-2H3,(H,29,32)(H,30,33). The number of aryl methyl sites for hydroxylation is 1. The van der Waals surface area contributed by atoms with Gasteiger partial charge < -0.3 is 20.3 Å². The molecule has 1 saturated heterocycles. The zero-order valence-electron chi connectivity index (χ0n) is 19.6. The molecule has 1 aliphatic heterocycles. The van der Waals surface area contributed by atoms with Gasteiger partial charge in [0.05, 0.1) is 7.11 Å². The first-order valence-electron chi connectivity index (χ1n) is 11.5. The fourth-order valence-corrected chi connectivity index (χ4v) is 4.05.